The van der Waals surface area contributed by atoms with Crippen LogP contribution in [0.15, 0.2) is 91.0 Å². The summed E-state index contributed by atoms with van der Waals surface area (Å²) in [6.07, 6.45) is 1.23. The molecule has 2 atom stereocenters. The quantitative estimate of drug-likeness (QED) is 0.576. The van der Waals surface area contributed by atoms with E-state index in [4.69, 9.17) is 0 Å². The maximum atomic E-state index is 10.9. The van der Waals surface area contributed by atoms with Gasteiger partial charge in [-0.15, -0.1) is 0 Å². The van der Waals surface area contributed by atoms with Crippen molar-refractivity contribution in [3.05, 3.63) is 108 Å². The molecule has 0 aliphatic heterocycles. The summed E-state index contributed by atoms with van der Waals surface area (Å²) in [6.45, 7) is 3.71. The number of aliphatic hydroxyl groups excluding tert-OH is 1. The molecule has 0 unspecified atom stereocenters. The van der Waals surface area contributed by atoms with Crippen molar-refractivity contribution >= 4 is 0 Å². The van der Waals surface area contributed by atoms with E-state index >= 15 is 0 Å². The van der Waals surface area contributed by atoms with Crippen LogP contribution in [0.4, 0.5) is 0 Å². The van der Waals surface area contributed by atoms with E-state index in [1.165, 1.54) is 16.7 Å². The highest BCUT2D eigenvalue weighted by atomic mass is 16.3. The number of rotatable bonds is 9. The molecule has 0 aliphatic carbocycles. The molecule has 0 amide bonds. The molecule has 27 heavy (non-hydrogen) atoms. The van der Waals surface area contributed by atoms with E-state index in [1.54, 1.807) is 0 Å². The van der Waals surface area contributed by atoms with Gasteiger partial charge in [-0.1, -0.05) is 97.9 Å². The summed E-state index contributed by atoms with van der Waals surface area (Å²) < 4.78 is 0. The van der Waals surface area contributed by atoms with Gasteiger partial charge in [-0.25, -0.2) is 0 Å². The Morgan fingerprint density at radius 2 is 1.07 bits per heavy atom. The van der Waals surface area contributed by atoms with Gasteiger partial charge in [0.15, 0.2) is 0 Å². The first-order valence-corrected chi connectivity index (χ1v) is 9.80. The largest absolute Gasteiger partial charge is 0.391 e. The molecule has 0 heterocycles. The van der Waals surface area contributed by atoms with Gasteiger partial charge in [-0.2, -0.15) is 0 Å². The molecule has 0 spiro atoms. The van der Waals surface area contributed by atoms with E-state index in [-0.39, 0.29) is 12.1 Å². The lowest BCUT2D eigenvalue weighted by molar-refractivity contribution is 0.0370. The molecule has 0 radical (unpaired) electrons. The topological polar surface area (TPSA) is 23.5 Å². The van der Waals surface area contributed by atoms with Crippen molar-refractivity contribution in [2.45, 2.75) is 45.0 Å². The summed E-state index contributed by atoms with van der Waals surface area (Å²) >= 11 is 0. The van der Waals surface area contributed by atoms with Crippen molar-refractivity contribution in [1.82, 2.24) is 4.90 Å². The number of nitrogens with zero attached hydrogens (tertiary/aromatic N) is 1. The maximum absolute atomic E-state index is 10.9. The van der Waals surface area contributed by atoms with Gasteiger partial charge in [0, 0.05) is 19.1 Å². The van der Waals surface area contributed by atoms with Crippen LogP contribution >= 0.6 is 0 Å². The minimum absolute atomic E-state index is 0.0674. The van der Waals surface area contributed by atoms with Gasteiger partial charge in [-0.05, 0) is 29.5 Å². The number of benzene rings is 3. The molecule has 3 rings (SSSR count). The van der Waals surface area contributed by atoms with E-state index in [2.05, 4.69) is 84.6 Å². The first-order valence-electron chi connectivity index (χ1n) is 9.80. The molecule has 0 saturated carbocycles. The van der Waals surface area contributed by atoms with Crippen LogP contribution < -0.4 is 0 Å². The van der Waals surface area contributed by atoms with Crippen LogP contribution in [0.25, 0.3) is 0 Å². The van der Waals surface area contributed by atoms with Crippen molar-refractivity contribution in [2.75, 3.05) is 0 Å². The van der Waals surface area contributed by atoms with Gasteiger partial charge >= 0.3 is 0 Å². The van der Waals surface area contributed by atoms with Crippen molar-refractivity contribution in [3.8, 4) is 0 Å². The summed E-state index contributed by atoms with van der Waals surface area (Å²) in [5, 5.41) is 10.9. The van der Waals surface area contributed by atoms with E-state index in [9.17, 15) is 5.11 Å². The summed E-state index contributed by atoms with van der Waals surface area (Å²) in [5.41, 5.74) is 3.81. The Morgan fingerprint density at radius 3 is 1.48 bits per heavy atom. The second-order valence-corrected chi connectivity index (χ2v) is 7.11. The fraction of sp³-hybridized carbons (Fsp3) is 0.280. The van der Waals surface area contributed by atoms with E-state index < -0.39 is 0 Å². The van der Waals surface area contributed by atoms with Crippen molar-refractivity contribution in [1.29, 1.82) is 0 Å². The molecule has 3 aromatic rings. The smallest absolute Gasteiger partial charge is 0.0696 e. The maximum Gasteiger partial charge on any atom is 0.0696 e. The fourth-order valence-electron chi connectivity index (χ4n) is 3.56. The van der Waals surface area contributed by atoms with Crippen LogP contribution in [0.1, 0.15) is 30.0 Å². The van der Waals surface area contributed by atoms with Crippen LogP contribution in [0.2, 0.25) is 0 Å². The van der Waals surface area contributed by atoms with Crippen LogP contribution in [0, 0.1) is 0 Å². The molecule has 2 nitrogen and oxygen atoms in total. The van der Waals surface area contributed by atoms with Crippen LogP contribution in [0.3, 0.4) is 0 Å². The summed E-state index contributed by atoms with van der Waals surface area (Å²) in [5.74, 6) is 0. The lowest BCUT2D eigenvalue weighted by Crippen LogP contribution is -2.44. The van der Waals surface area contributed by atoms with Gasteiger partial charge in [-0.3, -0.25) is 4.90 Å². The minimum Gasteiger partial charge on any atom is -0.391 e. The molecule has 0 fully saturated rings. The van der Waals surface area contributed by atoms with Gasteiger partial charge in [0.05, 0.1) is 6.10 Å². The zero-order chi connectivity index (χ0) is 18.9. The molecule has 0 bridgehead atoms. The third-order valence-electron chi connectivity index (χ3n) is 5.08. The zero-order valence-corrected chi connectivity index (χ0v) is 16.0. The highest BCUT2D eigenvalue weighted by Crippen LogP contribution is 2.20. The van der Waals surface area contributed by atoms with E-state index in [0.717, 1.165) is 25.9 Å². The van der Waals surface area contributed by atoms with Crippen LogP contribution in [0.5, 0.6) is 0 Å². The Hall–Kier alpha value is -2.42. The SMILES string of the molecule is CC[C@@H](O)[C@H](Cc1ccccc1)N(Cc1ccccc1)Cc1ccccc1. The number of aliphatic hydroxyl groups is 1. The summed E-state index contributed by atoms with van der Waals surface area (Å²) in [4.78, 5) is 2.42. The van der Waals surface area contributed by atoms with Crippen LogP contribution in [-0.2, 0) is 19.5 Å². The van der Waals surface area contributed by atoms with Gasteiger partial charge in [0.2, 0.25) is 0 Å². The second kappa shape index (κ2) is 10.1. The Bertz CT molecular complexity index is 732. The zero-order valence-electron chi connectivity index (χ0n) is 16.0. The summed E-state index contributed by atoms with van der Waals surface area (Å²) in [7, 11) is 0. The number of hydrogen-bond donors (Lipinski definition) is 1. The second-order valence-electron chi connectivity index (χ2n) is 7.11. The first kappa shape index (κ1) is 19.3. The van der Waals surface area contributed by atoms with E-state index in [1.807, 2.05) is 18.2 Å². The van der Waals surface area contributed by atoms with Crippen molar-refractivity contribution < 1.29 is 5.11 Å². The van der Waals surface area contributed by atoms with E-state index in [0.29, 0.717) is 0 Å². The molecular weight excluding hydrogens is 330 g/mol. The standard InChI is InChI=1S/C25H29NO/c1-2-25(27)24(18-21-12-6-3-7-13-21)26(19-22-14-8-4-9-15-22)20-23-16-10-5-11-17-23/h3-17,24-25,27H,2,18-20H2,1H3/t24-,25+/m0/s1. The van der Waals surface area contributed by atoms with Gasteiger partial charge < -0.3 is 5.11 Å². The molecule has 2 heteroatoms. The molecule has 0 saturated heterocycles. The Kier molecular flexibility index (Phi) is 7.20. The third kappa shape index (κ3) is 5.78. The summed E-state index contributed by atoms with van der Waals surface area (Å²) in [6, 6.07) is 31.6. The lowest BCUT2D eigenvalue weighted by atomic mass is 9.96. The molecule has 3 aromatic carbocycles. The van der Waals surface area contributed by atoms with Crippen molar-refractivity contribution in [3.63, 3.8) is 0 Å². The third-order valence-corrected chi connectivity index (χ3v) is 5.08. The Labute approximate surface area is 163 Å². The monoisotopic (exact) mass is 359 g/mol. The Balaban J connectivity index is 1.88. The van der Waals surface area contributed by atoms with Gasteiger partial charge in [0.1, 0.15) is 0 Å². The predicted molar refractivity (Wildman–Crippen MR) is 112 cm³/mol. The van der Waals surface area contributed by atoms with Crippen molar-refractivity contribution in [2.24, 2.45) is 0 Å². The number of hydrogen-bond acceptors (Lipinski definition) is 2. The normalized spacial score (nSPS) is 13.4. The first-order chi connectivity index (χ1) is 13.3. The fourth-order valence-corrected chi connectivity index (χ4v) is 3.56. The van der Waals surface area contributed by atoms with Crippen LogP contribution in [-0.4, -0.2) is 22.2 Å². The highest BCUT2D eigenvalue weighted by Gasteiger charge is 2.25. The molecule has 1 N–H and O–H groups in total. The highest BCUT2D eigenvalue weighted by molar-refractivity contribution is 5.20. The molecule has 0 aromatic heterocycles. The molecule has 140 valence electrons. The minimum atomic E-state index is -0.363. The lowest BCUT2D eigenvalue weighted by Gasteiger charge is -2.35. The molecule has 0 aliphatic rings. The molecular formula is C25H29NO. The Morgan fingerprint density at radius 1 is 0.667 bits per heavy atom. The van der Waals surface area contributed by atoms with Gasteiger partial charge in [0.25, 0.3) is 0 Å². The predicted octanol–water partition coefficient (Wildman–Crippen LogP) is 5.07. The average molecular weight is 360 g/mol. The average Bonchev–Trinajstić information content (AvgIpc) is 2.73.